The summed E-state index contributed by atoms with van der Waals surface area (Å²) in [5.41, 5.74) is -1.85. The van der Waals surface area contributed by atoms with Gasteiger partial charge in [-0.2, -0.15) is 0 Å². The molecule has 0 aromatic carbocycles. The fourth-order valence-electron chi connectivity index (χ4n) is 2.95. The van der Waals surface area contributed by atoms with Gasteiger partial charge in [-0.25, -0.2) is 4.79 Å². The zero-order valence-electron chi connectivity index (χ0n) is 13.5. The van der Waals surface area contributed by atoms with Crippen molar-refractivity contribution in [2.24, 2.45) is 5.41 Å². The molecule has 0 saturated carbocycles. The maximum atomic E-state index is 12.5. The van der Waals surface area contributed by atoms with E-state index in [2.05, 4.69) is 10.2 Å². The summed E-state index contributed by atoms with van der Waals surface area (Å²) in [7, 11) is 0. The quantitative estimate of drug-likeness (QED) is 0.825. The fraction of sp³-hybridized carbons (Fsp3) is 0.867. The van der Waals surface area contributed by atoms with Crippen molar-refractivity contribution in [3.63, 3.8) is 0 Å². The molecule has 2 fully saturated rings. The number of piperazine rings is 1. The maximum absolute atomic E-state index is 12.5. The van der Waals surface area contributed by atoms with Crippen LogP contribution in [0, 0.1) is 5.41 Å². The van der Waals surface area contributed by atoms with E-state index >= 15 is 0 Å². The Balaban J connectivity index is 1.99. The molecule has 6 nitrogen and oxygen atoms in total. The second-order valence-corrected chi connectivity index (χ2v) is 7.26. The van der Waals surface area contributed by atoms with E-state index in [0.717, 1.165) is 26.1 Å². The first-order valence-corrected chi connectivity index (χ1v) is 7.70. The number of carbonyl (C=O) groups is 2. The molecule has 0 aromatic heterocycles. The van der Waals surface area contributed by atoms with E-state index in [0.29, 0.717) is 12.6 Å². The molecule has 2 amide bonds. The van der Waals surface area contributed by atoms with Gasteiger partial charge in [0.15, 0.2) is 0 Å². The van der Waals surface area contributed by atoms with E-state index in [1.165, 1.54) is 6.42 Å². The molecule has 2 heterocycles. The van der Waals surface area contributed by atoms with Crippen molar-refractivity contribution in [1.82, 2.24) is 15.1 Å². The van der Waals surface area contributed by atoms with E-state index in [1.807, 2.05) is 4.90 Å². The number of hydrogen-bond donors (Lipinski definition) is 2. The van der Waals surface area contributed by atoms with Gasteiger partial charge in [0, 0.05) is 25.7 Å². The van der Waals surface area contributed by atoms with Gasteiger partial charge in [0.05, 0.1) is 11.0 Å². The molecule has 0 bridgehead atoms. The van der Waals surface area contributed by atoms with Gasteiger partial charge in [0.2, 0.25) is 0 Å². The molecule has 6 heteroatoms. The zero-order valence-corrected chi connectivity index (χ0v) is 13.5. The van der Waals surface area contributed by atoms with Crippen LogP contribution < -0.4 is 5.32 Å². The van der Waals surface area contributed by atoms with Crippen LogP contribution in [0.15, 0.2) is 0 Å². The lowest BCUT2D eigenvalue weighted by Gasteiger charge is -2.42. The highest BCUT2D eigenvalue weighted by atomic mass is 16.4. The van der Waals surface area contributed by atoms with E-state index in [4.69, 9.17) is 0 Å². The minimum absolute atomic E-state index is 0.152. The lowest BCUT2D eigenvalue weighted by Crippen LogP contribution is -2.62. The number of hydrogen-bond acceptors (Lipinski definition) is 3. The Morgan fingerprint density at radius 2 is 1.81 bits per heavy atom. The normalized spacial score (nSPS) is 23.8. The molecule has 1 atom stereocenters. The molecule has 1 unspecified atom stereocenters. The molecule has 2 N–H and O–H groups in total. The fourth-order valence-corrected chi connectivity index (χ4v) is 2.95. The van der Waals surface area contributed by atoms with Gasteiger partial charge >= 0.3 is 12.0 Å². The summed E-state index contributed by atoms with van der Waals surface area (Å²) in [5, 5.41) is 12.3. The lowest BCUT2D eigenvalue weighted by atomic mass is 9.74. The third kappa shape index (κ3) is 3.00. The first-order chi connectivity index (χ1) is 9.65. The molecule has 2 rings (SSSR count). The predicted molar refractivity (Wildman–Crippen MR) is 80.2 cm³/mol. The minimum atomic E-state index is -1.03. The first kappa shape index (κ1) is 16.1. The molecule has 2 saturated heterocycles. The number of rotatable bonds is 3. The highest BCUT2D eigenvalue weighted by molar-refractivity contribution is 5.79. The van der Waals surface area contributed by atoms with E-state index in [-0.39, 0.29) is 6.03 Å². The molecule has 0 aromatic rings. The van der Waals surface area contributed by atoms with Crippen LogP contribution in [0.1, 0.15) is 40.5 Å². The summed E-state index contributed by atoms with van der Waals surface area (Å²) in [5.74, 6) is -0.909. The van der Waals surface area contributed by atoms with Crippen molar-refractivity contribution in [1.29, 1.82) is 0 Å². The topological polar surface area (TPSA) is 72.9 Å². The standard InChI is InChI=1S/C15H27N3O3/c1-14(2,12(19)20)15(3,4)16-13(21)18-9-8-17-7-5-6-11(17)10-18/h11H,5-10H2,1-4H3,(H,16,21)(H,19,20). The molecule has 21 heavy (non-hydrogen) atoms. The predicted octanol–water partition coefficient (Wildman–Crippen LogP) is 1.37. The molecule has 120 valence electrons. The Hall–Kier alpha value is -1.30. The van der Waals surface area contributed by atoms with Crippen molar-refractivity contribution in [2.45, 2.75) is 52.1 Å². The highest BCUT2D eigenvalue weighted by Gasteiger charge is 2.45. The maximum Gasteiger partial charge on any atom is 0.317 e. The molecule has 0 spiro atoms. The average Bonchev–Trinajstić information content (AvgIpc) is 2.84. The van der Waals surface area contributed by atoms with Crippen molar-refractivity contribution in [3.05, 3.63) is 0 Å². The van der Waals surface area contributed by atoms with Gasteiger partial charge in [-0.1, -0.05) is 0 Å². The molecular formula is C15H27N3O3. The summed E-state index contributed by atoms with van der Waals surface area (Å²) < 4.78 is 0. The monoisotopic (exact) mass is 297 g/mol. The van der Waals surface area contributed by atoms with Crippen molar-refractivity contribution in [3.8, 4) is 0 Å². The van der Waals surface area contributed by atoms with Gasteiger partial charge in [0.25, 0.3) is 0 Å². The largest absolute Gasteiger partial charge is 0.481 e. The van der Waals surface area contributed by atoms with Crippen LogP contribution in [0.4, 0.5) is 4.79 Å². The van der Waals surface area contributed by atoms with Gasteiger partial charge in [-0.15, -0.1) is 0 Å². The number of amides is 2. The zero-order chi connectivity index (χ0) is 15.8. The summed E-state index contributed by atoms with van der Waals surface area (Å²) in [4.78, 5) is 28.1. The number of aliphatic carboxylic acids is 1. The Morgan fingerprint density at radius 1 is 1.14 bits per heavy atom. The van der Waals surface area contributed by atoms with Crippen molar-refractivity contribution >= 4 is 12.0 Å². The number of fused-ring (bicyclic) bond motifs is 1. The second-order valence-electron chi connectivity index (χ2n) is 7.26. The second kappa shape index (κ2) is 5.48. The van der Waals surface area contributed by atoms with Crippen molar-refractivity contribution < 1.29 is 14.7 Å². The first-order valence-electron chi connectivity index (χ1n) is 7.70. The van der Waals surface area contributed by atoms with Crippen LogP contribution in [-0.2, 0) is 4.79 Å². The highest BCUT2D eigenvalue weighted by Crippen LogP contribution is 2.31. The van der Waals surface area contributed by atoms with Gasteiger partial charge in [-0.05, 0) is 47.1 Å². The molecule has 2 aliphatic rings. The number of nitrogens with zero attached hydrogens (tertiary/aromatic N) is 2. The molecule has 2 aliphatic heterocycles. The molecule has 0 aliphatic carbocycles. The lowest BCUT2D eigenvalue weighted by molar-refractivity contribution is -0.150. The van der Waals surface area contributed by atoms with Crippen LogP contribution in [0.25, 0.3) is 0 Å². The third-order valence-electron chi connectivity index (χ3n) is 5.39. The average molecular weight is 297 g/mol. The van der Waals surface area contributed by atoms with Gasteiger partial charge in [0.1, 0.15) is 0 Å². The smallest absolute Gasteiger partial charge is 0.317 e. The van der Waals surface area contributed by atoms with Crippen LogP contribution in [-0.4, -0.2) is 64.7 Å². The number of carboxylic acids is 1. The molecular weight excluding hydrogens is 270 g/mol. The van der Waals surface area contributed by atoms with E-state index in [1.54, 1.807) is 27.7 Å². The Kier molecular flexibility index (Phi) is 4.19. The number of carboxylic acid groups (broad SMARTS) is 1. The summed E-state index contributed by atoms with van der Waals surface area (Å²) in [6.45, 7) is 10.3. The number of nitrogens with one attached hydrogen (secondary N) is 1. The van der Waals surface area contributed by atoms with E-state index in [9.17, 15) is 14.7 Å². The van der Waals surface area contributed by atoms with Gasteiger partial charge in [-0.3, -0.25) is 9.69 Å². The Bertz CT molecular complexity index is 434. The van der Waals surface area contributed by atoms with Crippen molar-refractivity contribution in [2.75, 3.05) is 26.2 Å². The van der Waals surface area contributed by atoms with Crippen LogP contribution in [0.5, 0.6) is 0 Å². The number of carbonyl (C=O) groups excluding carboxylic acids is 1. The molecule has 0 radical (unpaired) electrons. The van der Waals surface area contributed by atoms with E-state index < -0.39 is 16.9 Å². The Labute approximate surface area is 126 Å². The minimum Gasteiger partial charge on any atom is -0.481 e. The Morgan fingerprint density at radius 3 is 2.43 bits per heavy atom. The van der Waals surface area contributed by atoms with Crippen LogP contribution in [0.3, 0.4) is 0 Å². The number of urea groups is 1. The van der Waals surface area contributed by atoms with Crippen LogP contribution >= 0.6 is 0 Å². The summed E-state index contributed by atoms with van der Waals surface area (Å²) in [6, 6.07) is 0.320. The SMILES string of the molecule is CC(C)(NC(=O)N1CCN2CCCC2C1)C(C)(C)C(=O)O. The summed E-state index contributed by atoms with van der Waals surface area (Å²) >= 11 is 0. The summed E-state index contributed by atoms with van der Waals surface area (Å²) in [6.07, 6.45) is 2.35. The van der Waals surface area contributed by atoms with Gasteiger partial charge < -0.3 is 15.3 Å². The third-order valence-corrected chi connectivity index (χ3v) is 5.39. The van der Waals surface area contributed by atoms with Crippen LogP contribution in [0.2, 0.25) is 0 Å².